The topological polar surface area (TPSA) is 38.7 Å². The summed E-state index contributed by atoms with van der Waals surface area (Å²) in [4.78, 5) is 0. The Kier molecular flexibility index (Phi) is 8.36. The third kappa shape index (κ3) is 5.52. The molecule has 0 radical (unpaired) electrons. The molecule has 1 aliphatic carbocycles. The Labute approximate surface area is 344 Å². The number of nitrogens with zero attached hydrogens (tertiary/aromatic N) is 3. The number of hydrogen-bond acceptors (Lipinski definition) is 3. The Morgan fingerprint density at radius 1 is 0.431 bits per heavy atom. The molecule has 0 bridgehead atoms. The molecule has 0 unspecified atom stereocenters. The van der Waals surface area contributed by atoms with Gasteiger partial charge in [-0.2, -0.15) is 0 Å². The van der Waals surface area contributed by atoms with Crippen molar-refractivity contribution in [3.63, 3.8) is 0 Å². The second-order valence-corrected chi connectivity index (χ2v) is 17.5. The molecule has 58 heavy (non-hydrogen) atoms. The molecular weight excluding hydrogens is 770 g/mol. The standard InChI is InChI=1S/C54H37N3Se/c1-33-31-45-39-23-10-9-21-37(39)32-46(45)49(34(33)2)52-53(36-19-7-4-8-20-36)55-57-56-54(52)43-26-14-13-25-41(43)50-42(29-30-48-51(50)44-27-15-16-28-47(44)58-48)40-24-12-11-22-38(40)35-17-5-3-6-18-35/h3-31H,32H2,1-2H3. The monoisotopic (exact) mass is 807 g/mol. The molecule has 1 aliphatic rings. The van der Waals surface area contributed by atoms with E-state index in [2.05, 4.69) is 195 Å². The van der Waals surface area contributed by atoms with Crippen LogP contribution in [0.4, 0.5) is 0 Å². The van der Waals surface area contributed by atoms with E-state index in [9.17, 15) is 0 Å². The molecule has 2 heterocycles. The predicted octanol–water partition coefficient (Wildman–Crippen LogP) is 13.4. The maximum atomic E-state index is 5.09. The van der Waals surface area contributed by atoms with Gasteiger partial charge in [0.2, 0.25) is 0 Å². The molecule has 2 aromatic heterocycles. The van der Waals surface area contributed by atoms with Crippen LogP contribution in [-0.2, 0) is 6.42 Å². The molecule has 3 nitrogen and oxygen atoms in total. The van der Waals surface area contributed by atoms with Gasteiger partial charge in [-0.3, -0.25) is 0 Å². The van der Waals surface area contributed by atoms with Crippen molar-refractivity contribution in [2.75, 3.05) is 0 Å². The second-order valence-electron chi connectivity index (χ2n) is 15.2. The van der Waals surface area contributed by atoms with Gasteiger partial charge >= 0.3 is 334 Å². The summed E-state index contributed by atoms with van der Waals surface area (Å²) in [6, 6.07) is 63.9. The minimum absolute atomic E-state index is 0.184. The number of benzene rings is 8. The van der Waals surface area contributed by atoms with Crippen LogP contribution < -0.4 is 0 Å². The van der Waals surface area contributed by atoms with Crippen LogP contribution in [0.15, 0.2) is 176 Å². The molecule has 0 N–H and O–H groups in total. The molecule has 0 amide bonds. The first-order valence-corrected chi connectivity index (χ1v) is 21.5. The van der Waals surface area contributed by atoms with Gasteiger partial charge in [-0.1, -0.05) is 12.1 Å². The van der Waals surface area contributed by atoms with Crippen LogP contribution in [0.1, 0.15) is 22.3 Å². The van der Waals surface area contributed by atoms with Crippen LogP contribution in [0.3, 0.4) is 0 Å². The molecule has 274 valence electrons. The number of hydrogen-bond donors (Lipinski definition) is 0. The van der Waals surface area contributed by atoms with Gasteiger partial charge in [0.15, 0.2) is 0 Å². The maximum absolute atomic E-state index is 5.09. The zero-order valence-corrected chi connectivity index (χ0v) is 33.9. The molecule has 0 aliphatic heterocycles. The van der Waals surface area contributed by atoms with E-state index < -0.39 is 0 Å². The normalized spacial score (nSPS) is 11.9. The van der Waals surface area contributed by atoms with Crippen molar-refractivity contribution in [1.29, 1.82) is 0 Å². The summed E-state index contributed by atoms with van der Waals surface area (Å²) in [5, 5.41) is 17.2. The number of fused-ring (bicyclic) bond motifs is 6. The Hall–Kier alpha value is -6.71. The molecule has 4 heteroatoms. The fourth-order valence-corrected chi connectivity index (χ4v) is 11.6. The summed E-state index contributed by atoms with van der Waals surface area (Å²) in [5.74, 6) is 0. The van der Waals surface area contributed by atoms with Crippen LogP contribution in [-0.4, -0.2) is 29.9 Å². The molecule has 0 saturated heterocycles. The average molecular weight is 807 g/mol. The minimum atomic E-state index is 0.184. The SMILES string of the molecule is Cc1cc2c(c(-c3c(-c4ccccc4)nnnc3-c3ccccc3-c3c(-c4ccccc4-c4ccccc4)ccc4[se]c5ccccc5c34)c1C)Cc1ccccc1-2. The van der Waals surface area contributed by atoms with Gasteiger partial charge in [0.05, 0.1) is 0 Å². The van der Waals surface area contributed by atoms with Crippen LogP contribution in [0, 0.1) is 13.8 Å². The summed E-state index contributed by atoms with van der Waals surface area (Å²) in [6.45, 7) is 4.50. The van der Waals surface area contributed by atoms with Gasteiger partial charge in [0.25, 0.3) is 0 Å². The van der Waals surface area contributed by atoms with Gasteiger partial charge in [-0.15, -0.1) is 0 Å². The first-order valence-electron chi connectivity index (χ1n) is 19.8. The van der Waals surface area contributed by atoms with Gasteiger partial charge in [0.1, 0.15) is 0 Å². The van der Waals surface area contributed by atoms with Crippen molar-refractivity contribution in [1.82, 2.24) is 15.4 Å². The molecule has 0 fully saturated rings. The number of aromatic nitrogens is 3. The van der Waals surface area contributed by atoms with Crippen molar-refractivity contribution in [2.45, 2.75) is 20.3 Å². The first-order chi connectivity index (χ1) is 28.6. The first kappa shape index (κ1) is 34.5. The van der Waals surface area contributed by atoms with Crippen molar-refractivity contribution in [3.05, 3.63) is 198 Å². The Morgan fingerprint density at radius 2 is 1.05 bits per heavy atom. The quantitative estimate of drug-likeness (QED) is 0.157. The average Bonchev–Trinajstić information content (AvgIpc) is 3.85. The third-order valence-electron chi connectivity index (χ3n) is 12.0. The number of rotatable bonds is 6. The van der Waals surface area contributed by atoms with Crippen molar-refractivity contribution >= 4 is 33.8 Å². The van der Waals surface area contributed by atoms with Crippen LogP contribution in [0.2, 0.25) is 0 Å². The fraction of sp³-hybridized carbons (Fsp3) is 0.0556. The van der Waals surface area contributed by atoms with E-state index in [4.69, 9.17) is 10.2 Å². The summed E-state index contributed by atoms with van der Waals surface area (Å²) in [5.41, 5.74) is 20.9. The summed E-state index contributed by atoms with van der Waals surface area (Å²) < 4.78 is 2.81. The molecule has 0 saturated carbocycles. The zero-order chi connectivity index (χ0) is 38.7. The van der Waals surface area contributed by atoms with Crippen molar-refractivity contribution < 1.29 is 0 Å². The molecule has 10 aromatic rings. The second kappa shape index (κ2) is 14.0. The van der Waals surface area contributed by atoms with Gasteiger partial charge in [0, 0.05) is 0 Å². The molecule has 0 spiro atoms. The molecule has 0 atom stereocenters. The van der Waals surface area contributed by atoms with Crippen LogP contribution in [0.25, 0.3) is 97.4 Å². The van der Waals surface area contributed by atoms with E-state index >= 15 is 0 Å². The Morgan fingerprint density at radius 3 is 1.84 bits per heavy atom. The van der Waals surface area contributed by atoms with Gasteiger partial charge < -0.3 is 0 Å². The predicted molar refractivity (Wildman–Crippen MR) is 242 cm³/mol. The van der Waals surface area contributed by atoms with Gasteiger partial charge in [-0.25, -0.2) is 0 Å². The van der Waals surface area contributed by atoms with Crippen molar-refractivity contribution in [3.8, 4) is 78.1 Å². The van der Waals surface area contributed by atoms with E-state index in [1.807, 2.05) is 0 Å². The van der Waals surface area contributed by atoms with E-state index in [0.29, 0.717) is 0 Å². The number of aryl methyl sites for hydroxylation is 1. The van der Waals surface area contributed by atoms with Gasteiger partial charge in [-0.05, 0) is 0 Å². The molecular formula is C54H37N3Se. The molecule has 11 rings (SSSR count). The third-order valence-corrected chi connectivity index (χ3v) is 14.4. The van der Waals surface area contributed by atoms with E-state index in [1.165, 1.54) is 86.1 Å². The van der Waals surface area contributed by atoms with E-state index in [-0.39, 0.29) is 14.5 Å². The van der Waals surface area contributed by atoms with Crippen LogP contribution >= 0.6 is 0 Å². The summed E-state index contributed by atoms with van der Waals surface area (Å²) >= 11 is 0.184. The zero-order valence-electron chi connectivity index (χ0n) is 32.2. The Bertz CT molecular complexity index is 3220. The molecule has 8 aromatic carbocycles. The fourth-order valence-electron chi connectivity index (χ4n) is 9.22. The van der Waals surface area contributed by atoms with E-state index in [1.54, 1.807) is 0 Å². The van der Waals surface area contributed by atoms with Crippen LogP contribution in [0.5, 0.6) is 0 Å². The van der Waals surface area contributed by atoms with Crippen molar-refractivity contribution in [2.24, 2.45) is 0 Å². The summed E-state index contributed by atoms with van der Waals surface area (Å²) in [7, 11) is 0. The Balaban J connectivity index is 1.26. The van der Waals surface area contributed by atoms with E-state index in [0.717, 1.165) is 40.1 Å². The summed E-state index contributed by atoms with van der Waals surface area (Å²) in [6.07, 6.45) is 0.852.